The standard InChI is InChI=1S/C14H12Cl2O3S/c1-20(18,19)11-5-2-9(3-6-11)14(17)10-4-7-12(15)13(16)8-10/h2-8,14,17H,1H3. The van der Waals surface area contributed by atoms with Crippen LogP contribution < -0.4 is 0 Å². The van der Waals surface area contributed by atoms with Crippen LogP contribution in [0.1, 0.15) is 17.2 Å². The van der Waals surface area contributed by atoms with Crippen LogP contribution >= 0.6 is 23.2 Å². The molecule has 2 aromatic carbocycles. The Morgan fingerprint density at radius 1 is 0.950 bits per heavy atom. The van der Waals surface area contributed by atoms with Gasteiger partial charge in [0.1, 0.15) is 6.10 Å². The third kappa shape index (κ3) is 3.33. The zero-order chi connectivity index (χ0) is 14.9. The second kappa shape index (κ2) is 5.74. The molecular weight excluding hydrogens is 319 g/mol. The molecule has 0 bridgehead atoms. The van der Waals surface area contributed by atoms with E-state index >= 15 is 0 Å². The summed E-state index contributed by atoms with van der Waals surface area (Å²) in [4.78, 5) is 0.211. The molecular formula is C14H12Cl2O3S. The van der Waals surface area contributed by atoms with E-state index in [0.29, 0.717) is 21.2 Å². The third-order valence-electron chi connectivity index (χ3n) is 2.88. The summed E-state index contributed by atoms with van der Waals surface area (Å²) in [5, 5.41) is 11.0. The van der Waals surface area contributed by atoms with Crippen LogP contribution in [0.5, 0.6) is 0 Å². The van der Waals surface area contributed by atoms with Gasteiger partial charge < -0.3 is 5.11 Å². The van der Waals surface area contributed by atoms with E-state index in [-0.39, 0.29) is 4.90 Å². The molecule has 0 aliphatic carbocycles. The molecule has 6 heteroatoms. The van der Waals surface area contributed by atoms with Gasteiger partial charge in [0.05, 0.1) is 14.9 Å². The Bertz CT molecular complexity index is 725. The van der Waals surface area contributed by atoms with Crippen molar-refractivity contribution in [2.75, 3.05) is 6.26 Å². The Morgan fingerprint density at radius 2 is 1.50 bits per heavy atom. The van der Waals surface area contributed by atoms with Crippen molar-refractivity contribution in [1.82, 2.24) is 0 Å². The van der Waals surface area contributed by atoms with Crippen molar-refractivity contribution < 1.29 is 13.5 Å². The first-order valence-corrected chi connectivity index (χ1v) is 8.37. The predicted molar refractivity (Wildman–Crippen MR) is 80.1 cm³/mol. The summed E-state index contributed by atoms with van der Waals surface area (Å²) in [7, 11) is -3.24. The first-order chi connectivity index (χ1) is 9.29. The maximum absolute atomic E-state index is 11.4. The van der Waals surface area contributed by atoms with E-state index in [1.54, 1.807) is 30.3 Å². The zero-order valence-corrected chi connectivity index (χ0v) is 12.9. The van der Waals surface area contributed by atoms with Crippen molar-refractivity contribution in [2.24, 2.45) is 0 Å². The number of hydrogen-bond donors (Lipinski definition) is 1. The number of sulfone groups is 1. The van der Waals surface area contributed by atoms with E-state index in [1.165, 1.54) is 12.1 Å². The topological polar surface area (TPSA) is 54.4 Å². The summed E-state index contributed by atoms with van der Waals surface area (Å²) in [5.74, 6) is 0. The molecule has 0 amide bonds. The van der Waals surface area contributed by atoms with Crippen LogP contribution in [-0.4, -0.2) is 19.8 Å². The van der Waals surface area contributed by atoms with Gasteiger partial charge >= 0.3 is 0 Å². The fraction of sp³-hybridized carbons (Fsp3) is 0.143. The van der Waals surface area contributed by atoms with Crippen LogP contribution in [-0.2, 0) is 9.84 Å². The summed E-state index contributed by atoms with van der Waals surface area (Å²) in [5.41, 5.74) is 1.17. The Labute approximate surface area is 127 Å². The van der Waals surface area contributed by atoms with Crippen LogP contribution in [0.3, 0.4) is 0 Å². The lowest BCUT2D eigenvalue weighted by molar-refractivity contribution is 0.220. The van der Waals surface area contributed by atoms with Crippen molar-refractivity contribution in [1.29, 1.82) is 0 Å². The first-order valence-electron chi connectivity index (χ1n) is 5.72. The molecule has 0 saturated heterocycles. The number of rotatable bonds is 3. The average molecular weight is 331 g/mol. The second-order valence-electron chi connectivity index (χ2n) is 4.42. The fourth-order valence-electron chi connectivity index (χ4n) is 1.77. The van der Waals surface area contributed by atoms with E-state index in [1.807, 2.05) is 0 Å². The Hall–Kier alpha value is -1.07. The lowest BCUT2D eigenvalue weighted by Gasteiger charge is -2.12. The summed E-state index contributed by atoms with van der Waals surface area (Å²) < 4.78 is 22.7. The molecule has 0 aliphatic rings. The van der Waals surface area contributed by atoms with E-state index in [2.05, 4.69) is 0 Å². The van der Waals surface area contributed by atoms with Gasteiger partial charge in [-0.3, -0.25) is 0 Å². The molecule has 0 fully saturated rings. The SMILES string of the molecule is CS(=O)(=O)c1ccc(C(O)c2ccc(Cl)c(Cl)c2)cc1. The Kier molecular flexibility index (Phi) is 4.39. The minimum Gasteiger partial charge on any atom is -0.384 e. The minimum absolute atomic E-state index is 0.211. The molecule has 0 spiro atoms. The van der Waals surface area contributed by atoms with Crippen molar-refractivity contribution in [3.63, 3.8) is 0 Å². The highest BCUT2D eigenvalue weighted by Crippen LogP contribution is 2.29. The fourth-order valence-corrected chi connectivity index (χ4v) is 2.71. The van der Waals surface area contributed by atoms with Gasteiger partial charge in [0, 0.05) is 6.26 Å². The van der Waals surface area contributed by atoms with Crippen molar-refractivity contribution in [2.45, 2.75) is 11.0 Å². The third-order valence-corrected chi connectivity index (χ3v) is 4.75. The largest absolute Gasteiger partial charge is 0.384 e. The average Bonchev–Trinajstić information content (AvgIpc) is 2.40. The first kappa shape index (κ1) is 15.3. The Balaban J connectivity index is 2.33. The molecule has 106 valence electrons. The summed E-state index contributed by atoms with van der Waals surface area (Å²) in [6.45, 7) is 0. The molecule has 0 saturated carbocycles. The van der Waals surface area contributed by atoms with Crippen LogP contribution in [0.4, 0.5) is 0 Å². The highest BCUT2D eigenvalue weighted by Gasteiger charge is 2.13. The highest BCUT2D eigenvalue weighted by atomic mass is 35.5. The van der Waals surface area contributed by atoms with Crippen molar-refractivity contribution in [3.05, 3.63) is 63.6 Å². The molecule has 1 atom stereocenters. The molecule has 0 aromatic heterocycles. The van der Waals surface area contributed by atoms with Gasteiger partial charge in [-0.05, 0) is 35.4 Å². The van der Waals surface area contributed by atoms with Gasteiger partial charge in [0.25, 0.3) is 0 Å². The summed E-state index contributed by atoms with van der Waals surface area (Å²) in [6, 6.07) is 10.9. The van der Waals surface area contributed by atoms with E-state index in [4.69, 9.17) is 23.2 Å². The molecule has 0 aliphatic heterocycles. The molecule has 1 unspecified atom stereocenters. The number of halogens is 2. The number of hydrogen-bond acceptors (Lipinski definition) is 3. The van der Waals surface area contributed by atoms with E-state index in [0.717, 1.165) is 6.26 Å². The zero-order valence-electron chi connectivity index (χ0n) is 10.5. The van der Waals surface area contributed by atoms with Crippen LogP contribution in [0.25, 0.3) is 0 Å². The van der Waals surface area contributed by atoms with Gasteiger partial charge in [-0.15, -0.1) is 0 Å². The summed E-state index contributed by atoms with van der Waals surface area (Å²) >= 11 is 11.7. The quantitative estimate of drug-likeness (QED) is 0.937. The van der Waals surface area contributed by atoms with Crippen LogP contribution in [0.15, 0.2) is 47.4 Å². The van der Waals surface area contributed by atoms with Crippen LogP contribution in [0, 0.1) is 0 Å². The van der Waals surface area contributed by atoms with Gasteiger partial charge in [-0.25, -0.2) is 8.42 Å². The molecule has 20 heavy (non-hydrogen) atoms. The van der Waals surface area contributed by atoms with Crippen molar-refractivity contribution >= 4 is 33.0 Å². The predicted octanol–water partition coefficient (Wildman–Crippen LogP) is 3.48. The second-order valence-corrected chi connectivity index (χ2v) is 7.25. The molecule has 3 nitrogen and oxygen atoms in total. The molecule has 2 aromatic rings. The monoisotopic (exact) mass is 330 g/mol. The van der Waals surface area contributed by atoms with Gasteiger partial charge in [-0.1, -0.05) is 41.4 Å². The molecule has 0 radical (unpaired) electrons. The Morgan fingerprint density at radius 3 is 2.00 bits per heavy atom. The maximum atomic E-state index is 11.4. The number of aliphatic hydroxyl groups excluding tert-OH is 1. The van der Waals surface area contributed by atoms with Crippen molar-refractivity contribution in [3.8, 4) is 0 Å². The molecule has 2 rings (SSSR count). The smallest absolute Gasteiger partial charge is 0.175 e. The van der Waals surface area contributed by atoms with Gasteiger partial charge in [0.15, 0.2) is 9.84 Å². The van der Waals surface area contributed by atoms with Gasteiger partial charge in [0.2, 0.25) is 0 Å². The lowest BCUT2D eigenvalue weighted by Crippen LogP contribution is -2.01. The van der Waals surface area contributed by atoms with Crippen LogP contribution in [0.2, 0.25) is 10.0 Å². The van der Waals surface area contributed by atoms with E-state index < -0.39 is 15.9 Å². The molecule has 0 heterocycles. The van der Waals surface area contributed by atoms with E-state index in [9.17, 15) is 13.5 Å². The lowest BCUT2D eigenvalue weighted by atomic mass is 10.0. The normalized spacial score (nSPS) is 13.2. The number of aliphatic hydroxyl groups is 1. The maximum Gasteiger partial charge on any atom is 0.175 e. The highest BCUT2D eigenvalue weighted by molar-refractivity contribution is 7.90. The minimum atomic E-state index is -3.24. The van der Waals surface area contributed by atoms with Gasteiger partial charge in [-0.2, -0.15) is 0 Å². The number of benzene rings is 2. The molecule has 1 N–H and O–H groups in total. The summed E-state index contributed by atoms with van der Waals surface area (Å²) in [6.07, 6.45) is 0.246.